The Labute approximate surface area is 135 Å². The van der Waals surface area contributed by atoms with Crippen LogP contribution >= 0.6 is 12.6 Å². The van der Waals surface area contributed by atoms with E-state index in [1.807, 2.05) is 6.92 Å². The summed E-state index contributed by atoms with van der Waals surface area (Å²) in [5.74, 6) is 1.11. The monoisotopic (exact) mass is 337 g/mol. The van der Waals surface area contributed by atoms with Crippen molar-refractivity contribution in [1.29, 1.82) is 0 Å². The maximum Gasteiger partial charge on any atom is 0.264 e. The van der Waals surface area contributed by atoms with Crippen molar-refractivity contribution in [3.63, 3.8) is 0 Å². The highest BCUT2D eigenvalue weighted by molar-refractivity contribution is 7.86. The van der Waals surface area contributed by atoms with Gasteiger partial charge in [0.15, 0.2) is 0 Å². The van der Waals surface area contributed by atoms with Crippen molar-refractivity contribution < 1.29 is 13.0 Å². The number of hydrogen-bond acceptors (Lipinski definition) is 4. The molecule has 1 saturated heterocycles. The van der Waals surface area contributed by atoms with Crippen LogP contribution in [0.2, 0.25) is 0 Å². The molecule has 0 amide bonds. The zero-order valence-corrected chi connectivity index (χ0v) is 15.3. The Kier molecular flexibility index (Phi) is 7.50. The minimum atomic E-state index is -3.89. The van der Waals surface area contributed by atoms with Crippen LogP contribution in [-0.2, 0) is 10.1 Å². The minimum absolute atomic E-state index is 0.198. The van der Waals surface area contributed by atoms with E-state index in [0.717, 1.165) is 25.4 Å². The molecule has 6 heteroatoms. The summed E-state index contributed by atoms with van der Waals surface area (Å²) in [6, 6.07) is 0. The number of thiol groups is 1. The van der Waals surface area contributed by atoms with Crippen LogP contribution in [-0.4, -0.2) is 48.0 Å². The molecule has 0 aromatic carbocycles. The average Bonchev–Trinajstić information content (AvgIpc) is 2.33. The van der Waals surface area contributed by atoms with E-state index in [1.165, 1.54) is 25.8 Å². The Balaban J connectivity index is 2.42. The van der Waals surface area contributed by atoms with Gasteiger partial charge in [0, 0.05) is 11.3 Å². The number of piperidine rings is 1. The number of rotatable bonds is 8. The van der Waals surface area contributed by atoms with Crippen LogP contribution in [0.4, 0.5) is 0 Å². The first kappa shape index (κ1) is 19.3. The molecule has 1 N–H and O–H groups in total. The highest BCUT2D eigenvalue weighted by atomic mass is 32.2. The lowest BCUT2D eigenvalue weighted by atomic mass is 9.87. The lowest BCUT2D eigenvalue weighted by molar-refractivity contribution is 0.155. The summed E-state index contributed by atoms with van der Waals surface area (Å²) in [6.45, 7) is 9.91. The largest absolute Gasteiger partial charge is 0.303 e. The van der Waals surface area contributed by atoms with E-state index in [0.29, 0.717) is 12.3 Å². The van der Waals surface area contributed by atoms with Crippen LogP contribution in [0.3, 0.4) is 0 Å². The van der Waals surface area contributed by atoms with Crippen molar-refractivity contribution in [2.45, 2.75) is 57.6 Å². The van der Waals surface area contributed by atoms with Crippen LogP contribution in [0, 0.1) is 11.8 Å². The lowest BCUT2D eigenvalue weighted by Crippen LogP contribution is -2.39. The van der Waals surface area contributed by atoms with Crippen molar-refractivity contribution >= 4 is 22.7 Å². The molecule has 21 heavy (non-hydrogen) atoms. The number of likely N-dealkylation sites (tertiary alicyclic amines) is 1. The van der Waals surface area contributed by atoms with Gasteiger partial charge in [0.2, 0.25) is 0 Å². The predicted molar refractivity (Wildman–Crippen MR) is 91.7 cm³/mol. The summed E-state index contributed by atoms with van der Waals surface area (Å²) in [6.07, 6.45) is 4.94. The van der Waals surface area contributed by atoms with Gasteiger partial charge in [-0.25, -0.2) is 0 Å². The topological polar surface area (TPSA) is 57.6 Å². The molecule has 1 aliphatic rings. The fourth-order valence-corrected chi connectivity index (χ4v) is 4.26. The third kappa shape index (κ3) is 9.06. The van der Waals surface area contributed by atoms with Crippen molar-refractivity contribution in [3.8, 4) is 0 Å². The predicted octanol–water partition coefficient (Wildman–Crippen LogP) is 3.10. The molecule has 0 bridgehead atoms. The zero-order valence-electron chi connectivity index (χ0n) is 13.6. The zero-order chi connectivity index (χ0) is 16.1. The molecule has 1 rings (SSSR count). The van der Waals surface area contributed by atoms with E-state index in [2.05, 4.69) is 31.4 Å². The molecule has 0 spiro atoms. The van der Waals surface area contributed by atoms with Gasteiger partial charge < -0.3 is 4.90 Å². The molecule has 2 unspecified atom stereocenters. The van der Waals surface area contributed by atoms with Gasteiger partial charge in [-0.3, -0.25) is 4.55 Å². The maximum absolute atomic E-state index is 10.9. The molecule has 1 aliphatic heterocycles. The van der Waals surface area contributed by atoms with E-state index < -0.39 is 10.1 Å². The third-order valence-electron chi connectivity index (χ3n) is 4.25. The van der Waals surface area contributed by atoms with Gasteiger partial charge in [-0.15, -0.1) is 0 Å². The van der Waals surface area contributed by atoms with Crippen molar-refractivity contribution in [2.75, 3.05) is 25.4 Å². The Morgan fingerprint density at radius 2 is 2.10 bits per heavy atom. The van der Waals surface area contributed by atoms with Crippen LogP contribution in [0.5, 0.6) is 0 Å². The molecule has 0 aliphatic carbocycles. The molecule has 0 aromatic heterocycles. The van der Waals surface area contributed by atoms with Gasteiger partial charge in [0.05, 0.1) is 5.75 Å². The van der Waals surface area contributed by atoms with Crippen LogP contribution in [0.15, 0.2) is 0 Å². The Morgan fingerprint density at radius 1 is 1.43 bits per heavy atom. The Morgan fingerprint density at radius 3 is 2.67 bits per heavy atom. The summed E-state index contributed by atoms with van der Waals surface area (Å²) in [5, 5.41) is 0. The molecule has 0 aromatic rings. The standard InChI is InChI=1S/C15H31NO3S2/c1-13(2)6-9-16-8-4-5-14(12-16)11-15(3,20)7-10-21(17,18)19/h13-14,20H,4-12H2,1-3H3,(H,17,18,19). The highest BCUT2D eigenvalue weighted by Gasteiger charge is 2.29. The molecular formula is C15H31NO3S2. The van der Waals surface area contributed by atoms with E-state index in [1.54, 1.807) is 0 Å². The second-order valence-corrected chi connectivity index (χ2v) is 9.88. The van der Waals surface area contributed by atoms with Crippen LogP contribution in [0.25, 0.3) is 0 Å². The van der Waals surface area contributed by atoms with Crippen molar-refractivity contribution in [2.24, 2.45) is 11.8 Å². The fourth-order valence-electron chi connectivity index (χ4n) is 3.03. The normalized spacial score (nSPS) is 24.2. The Hall–Kier alpha value is 0.220. The first-order valence-corrected chi connectivity index (χ1v) is 10.0. The molecule has 126 valence electrons. The van der Waals surface area contributed by atoms with Gasteiger partial charge in [0.25, 0.3) is 10.1 Å². The second-order valence-electron chi connectivity index (χ2n) is 7.23. The number of nitrogens with zero attached hydrogens (tertiary/aromatic N) is 1. The third-order valence-corrected chi connectivity index (χ3v) is 5.38. The molecule has 0 saturated carbocycles. The molecule has 2 atom stereocenters. The summed E-state index contributed by atoms with van der Waals surface area (Å²) in [5.41, 5.74) is 0. The van der Waals surface area contributed by atoms with Gasteiger partial charge in [-0.05, 0) is 57.0 Å². The molecule has 1 fully saturated rings. The number of hydrogen-bond donors (Lipinski definition) is 2. The minimum Gasteiger partial charge on any atom is -0.303 e. The van der Waals surface area contributed by atoms with Gasteiger partial charge in [-0.1, -0.05) is 20.8 Å². The van der Waals surface area contributed by atoms with Crippen LogP contribution in [0.1, 0.15) is 52.9 Å². The SMILES string of the molecule is CC(C)CCN1CCCC(CC(C)(S)CCS(=O)(=O)O)C1. The average molecular weight is 338 g/mol. The Bertz CT molecular complexity index is 407. The molecule has 1 heterocycles. The van der Waals surface area contributed by atoms with E-state index >= 15 is 0 Å². The molecule has 4 nitrogen and oxygen atoms in total. The van der Waals surface area contributed by atoms with Crippen molar-refractivity contribution in [3.05, 3.63) is 0 Å². The summed E-state index contributed by atoms with van der Waals surface area (Å²) in [4.78, 5) is 2.53. The summed E-state index contributed by atoms with van der Waals surface area (Å²) >= 11 is 4.63. The molecular weight excluding hydrogens is 306 g/mol. The van der Waals surface area contributed by atoms with E-state index in [-0.39, 0.29) is 10.5 Å². The van der Waals surface area contributed by atoms with Crippen LogP contribution < -0.4 is 0 Å². The second kappa shape index (κ2) is 8.18. The van der Waals surface area contributed by atoms with Gasteiger partial charge in [-0.2, -0.15) is 21.0 Å². The lowest BCUT2D eigenvalue weighted by Gasteiger charge is -2.36. The summed E-state index contributed by atoms with van der Waals surface area (Å²) < 4.78 is 30.3. The van der Waals surface area contributed by atoms with Gasteiger partial charge in [0.1, 0.15) is 0 Å². The van der Waals surface area contributed by atoms with Crippen molar-refractivity contribution in [1.82, 2.24) is 4.90 Å². The first-order chi connectivity index (χ1) is 9.57. The molecule has 0 radical (unpaired) electrons. The first-order valence-electron chi connectivity index (χ1n) is 7.97. The van der Waals surface area contributed by atoms with Gasteiger partial charge >= 0.3 is 0 Å². The quantitative estimate of drug-likeness (QED) is 0.528. The maximum atomic E-state index is 10.9. The smallest absolute Gasteiger partial charge is 0.264 e. The van der Waals surface area contributed by atoms with E-state index in [9.17, 15) is 8.42 Å². The van der Waals surface area contributed by atoms with E-state index in [4.69, 9.17) is 4.55 Å². The summed E-state index contributed by atoms with van der Waals surface area (Å²) in [7, 11) is -3.89. The fraction of sp³-hybridized carbons (Fsp3) is 1.00. The highest BCUT2D eigenvalue weighted by Crippen LogP contribution is 2.32.